The Balaban J connectivity index is 1.22. The van der Waals surface area contributed by atoms with Crippen molar-refractivity contribution < 1.29 is 9.18 Å². The smallest absolute Gasteiger partial charge is 0.287 e. The molecule has 8 nitrogen and oxygen atoms in total. The van der Waals surface area contributed by atoms with Gasteiger partial charge in [0.15, 0.2) is 0 Å². The molecule has 196 valence electrons. The first-order chi connectivity index (χ1) is 18.9. The number of halogens is 1. The van der Waals surface area contributed by atoms with Gasteiger partial charge in [0.05, 0.1) is 16.3 Å². The number of anilines is 3. The number of amides is 1. The molecule has 1 amide bonds. The SMILES string of the molecule is CN1CCCC1c1ccc(Nc2cc(-c3ccc(F)c(NC(=O)c4cc5ccccc5s4)c3)n[nH]c2=O)nc1. The summed E-state index contributed by atoms with van der Waals surface area (Å²) in [4.78, 5) is 32.6. The number of carbonyl (C=O) groups is 1. The van der Waals surface area contributed by atoms with Crippen molar-refractivity contribution >= 4 is 44.5 Å². The molecule has 3 aromatic heterocycles. The van der Waals surface area contributed by atoms with Crippen LogP contribution in [0, 0.1) is 5.82 Å². The van der Waals surface area contributed by atoms with Gasteiger partial charge in [0, 0.05) is 22.5 Å². The van der Waals surface area contributed by atoms with Crippen LogP contribution in [0.2, 0.25) is 0 Å². The molecule has 6 rings (SSSR count). The Bertz CT molecular complexity index is 1700. The predicted octanol–water partition coefficient (Wildman–Crippen LogP) is 5.95. The molecule has 10 heteroatoms. The summed E-state index contributed by atoms with van der Waals surface area (Å²) >= 11 is 1.34. The number of aromatic nitrogens is 3. The highest BCUT2D eigenvalue weighted by Crippen LogP contribution is 2.31. The summed E-state index contributed by atoms with van der Waals surface area (Å²) in [5, 5.41) is 13.3. The number of nitrogens with one attached hydrogen (secondary N) is 3. The van der Waals surface area contributed by atoms with Crippen LogP contribution in [-0.2, 0) is 0 Å². The second-order valence-corrected chi connectivity index (χ2v) is 10.6. The quantitative estimate of drug-likeness (QED) is 0.246. The van der Waals surface area contributed by atoms with Crippen molar-refractivity contribution in [3.8, 4) is 11.3 Å². The van der Waals surface area contributed by atoms with Crippen LogP contribution in [-0.4, -0.2) is 39.6 Å². The van der Waals surface area contributed by atoms with E-state index in [9.17, 15) is 14.0 Å². The maximum absolute atomic E-state index is 14.7. The number of pyridine rings is 1. The third-order valence-corrected chi connectivity index (χ3v) is 8.03. The minimum absolute atomic E-state index is 0.0200. The lowest BCUT2D eigenvalue weighted by Crippen LogP contribution is -2.17. The molecule has 1 saturated heterocycles. The lowest BCUT2D eigenvalue weighted by molar-refractivity contribution is 0.103. The molecule has 0 spiro atoms. The minimum Gasteiger partial charge on any atom is -0.336 e. The third kappa shape index (κ3) is 5.16. The minimum atomic E-state index is -0.576. The number of carbonyl (C=O) groups excluding carboxylic acids is 1. The summed E-state index contributed by atoms with van der Waals surface area (Å²) in [5.41, 5.74) is 1.92. The first-order valence-electron chi connectivity index (χ1n) is 12.6. The van der Waals surface area contributed by atoms with Gasteiger partial charge in [-0.1, -0.05) is 24.3 Å². The lowest BCUT2D eigenvalue weighted by Gasteiger charge is -2.19. The second kappa shape index (κ2) is 10.4. The highest BCUT2D eigenvalue weighted by molar-refractivity contribution is 7.20. The number of fused-ring (bicyclic) bond motifs is 1. The first-order valence-corrected chi connectivity index (χ1v) is 13.4. The van der Waals surface area contributed by atoms with Crippen molar-refractivity contribution in [1.29, 1.82) is 0 Å². The summed E-state index contributed by atoms with van der Waals surface area (Å²) in [6, 6.07) is 19.5. The molecule has 0 saturated carbocycles. The van der Waals surface area contributed by atoms with Gasteiger partial charge in [0.1, 0.15) is 17.3 Å². The lowest BCUT2D eigenvalue weighted by atomic mass is 10.1. The van der Waals surface area contributed by atoms with Gasteiger partial charge in [-0.2, -0.15) is 5.10 Å². The highest BCUT2D eigenvalue weighted by Gasteiger charge is 2.22. The van der Waals surface area contributed by atoms with Crippen LogP contribution >= 0.6 is 11.3 Å². The van der Waals surface area contributed by atoms with E-state index in [-0.39, 0.29) is 11.4 Å². The molecule has 1 aliphatic rings. The standard InChI is InChI=1S/C29H25FN6O2S/c1-36-12-4-6-24(36)19-9-11-27(31-16-19)32-23-15-21(34-35-28(23)37)17-8-10-20(30)22(13-17)33-29(38)26-14-18-5-2-3-7-25(18)39-26/h2-3,5,7-11,13-16,24H,4,6,12H2,1H3,(H,33,38)(H,35,37)(H,31,32,34). The van der Waals surface area contributed by atoms with E-state index in [1.165, 1.54) is 23.5 Å². The van der Waals surface area contributed by atoms with Gasteiger partial charge < -0.3 is 10.6 Å². The fourth-order valence-electron chi connectivity index (χ4n) is 4.85. The van der Waals surface area contributed by atoms with Crippen LogP contribution in [0.1, 0.15) is 34.1 Å². The second-order valence-electron chi connectivity index (χ2n) is 9.53. The van der Waals surface area contributed by atoms with Crippen LogP contribution in [0.15, 0.2) is 77.7 Å². The first kappa shape index (κ1) is 24.9. The number of hydrogen-bond donors (Lipinski definition) is 3. The van der Waals surface area contributed by atoms with Crippen molar-refractivity contribution in [2.45, 2.75) is 18.9 Å². The number of thiophene rings is 1. The van der Waals surface area contributed by atoms with Crippen LogP contribution in [0.5, 0.6) is 0 Å². The van der Waals surface area contributed by atoms with E-state index in [0.29, 0.717) is 28.0 Å². The van der Waals surface area contributed by atoms with E-state index < -0.39 is 17.3 Å². The van der Waals surface area contributed by atoms with E-state index in [0.717, 1.165) is 35.0 Å². The number of H-pyrrole nitrogens is 1. The van der Waals surface area contributed by atoms with Crippen LogP contribution in [0.25, 0.3) is 21.3 Å². The molecule has 2 aromatic carbocycles. The summed E-state index contributed by atoms with van der Waals surface area (Å²) in [6.07, 6.45) is 4.09. The average Bonchev–Trinajstić information content (AvgIpc) is 3.58. The Labute approximate surface area is 227 Å². The van der Waals surface area contributed by atoms with Gasteiger partial charge in [-0.3, -0.25) is 14.5 Å². The normalized spacial score (nSPS) is 15.5. The van der Waals surface area contributed by atoms with Gasteiger partial charge >= 0.3 is 0 Å². The number of likely N-dealkylation sites (tertiary alicyclic amines) is 1. The number of rotatable bonds is 6. The van der Waals surface area contributed by atoms with Crippen LogP contribution in [0.4, 0.5) is 21.6 Å². The van der Waals surface area contributed by atoms with Crippen molar-refractivity contribution in [1.82, 2.24) is 20.1 Å². The maximum Gasteiger partial charge on any atom is 0.287 e. The van der Waals surface area contributed by atoms with E-state index in [2.05, 4.69) is 37.8 Å². The zero-order valence-electron chi connectivity index (χ0n) is 21.1. The van der Waals surface area contributed by atoms with E-state index in [1.54, 1.807) is 18.2 Å². The Morgan fingerprint density at radius 3 is 2.74 bits per heavy atom. The molecule has 1 fully saturated rings. The highest BCUT2D eigenvalue weighted by atomic mass is 32.1. The zero-order chi connectivity index (χ0) is 26.9. The molecule has 5 aromatic rings. The van der Waals surface area contributed by atoms with Crippen LogP contribution in [0.3, 0.4) is 0 Å². The molecule has 0 aliphatic carbocycles. The molecular formula is C29H25FN6O2S. The topological polar surface area (TPSA) is 103 Å². The Hall–Kier alpha value is -4.41. The number of aromatic amines is 1. The summed E-state index contributed by atoms with van der Waals surface area (Å²) in [5.74, 6) is -0.451. The maximum atomic E-state index is 14.7. The average molecular weight is 541 g/mol. The van der Waals surface area contributed by atoms with Gasteiger partial charge in [0.2, 0.25) is 0 Å². The molecule has 0 radical (unpaired) electrons. The summed E-state index contributed by atoms with van der Waals surface area (Å²) < 4.78 is 15.6. The molecule has 1 unspecified atom stereocenters. The summed E-state index contributed by atoms with van der Waals surface area (Å²) in [7, 11) is 2.11. The van der Waals surface area contributed by atoms with E-state index >= 15 is 0 Å². The van der Waals surface area contributed by atoms with Gasteiger partial charge in [-0.05, 0) is 79.8 Å². The van der Waals surface area contributed by atoms with E-state index in [1.807, 2.05) is 42.6 Å². The zero-order valence-corrected chi connectivity index (χ0v) is 21.9. The largest absolute Gasteiger partial charge is 0.336 e. The van der Waals surface area contributed by atoms with Gasteiger partial charge in [0.25, 0.3) is 11.5 Å². The van der Waals surface area contributed by atoms with Crippen LogP contribution < -0.4 is 16.2 Å². The molecule has 4 heterocycles. The Kier molecular flexibility index (Phi) is 6.64. The van der Waals surface area contributed by atoms with Gasteiger partial charge in [-0.25, -0.2) is 14.5 Å². The van der Waals surface area contributed by atoms with Gasteiger partial charge in [-0.15, -0.1) is 11.3 Å². The molecule has 0 bridgehead atoms. The number of benzene rings is 2. The molecular weight excluding hydrogens is 515 g/mol. The van der Waals surface area contributed by atoms with Crippen molar-refractivity contribution in [3.05, 3.63) is 99.5 Å². The monoisotopic (exact) mass is 540 g/mol. The fraction of sp³-hybridized carbons (Fsp3) is 0.172. The summed E-state index contributed by atoms with van der Waals surface area (Å²) in [6.45, 7) is 1.07. The third-order valence-electron chi connectivity index (χ3n) is 6.92. The number of hydrogen-bond acceptors (Lipinski definition) is 7. The fourth-order valence-corrected chi connectivity index (χ4v) is 5.81. The molecule has 3 N–H and O–H groups in total. The van der Waals surface area contributed by atoms with Crippen molar-refractivity contribution in [3.63, 3.8) is 0 Å². The molecule has 1 atom stereocenters. The Morgan fingerprint density at radius 1 is 1.10 bits per heavy atom. The van der Waals surface area contributed by atoms with Crippen molar-refractivity contribution in [2.75, 3.05) is 24.2 Å². The predicted molar refractivity (Wildman–Crippen MR) is 152 cm³/mol. The van der Waals surface area contributed by atoms with E-state index in [4.69, 9.17) is 0 Å². The molecule has 1 aliphatic heterocycles. The molecule has 39 heavy (non-hydrogen) atoms. The Morgan fingerprint density at radius 2 is 1.97 bits per heavy atom. The van der Waals surface area contributed by atoms with Crippen molar-refractivity contribution in [2.24, 2.45) is 0 Å². The number of nitrogens with zero attached hydrogens (tertiary/aromatic N) is 3.